The van der Waals surface area contributed by atoms with E-state index in [0.717, 1.165) is 49.4 Å². The Labute approximate surface area is 211 Å². The maximum Gasteiger partial charge on any atom is 0.276 e. The van der Waals surface area contributed by atoms with Crippen LogP contribution in [0.4, 0.5) is 0 Å². The number of para-hydroxylation sites is 1. The zero-order valence-corrected chi connectivity index (χ0v) is 20.8. The fourth-order valence-corrected chi connectivity index (χ4v) is 5.84. The topological polar surface area (TPSA) is 50.7 Å². The van der Waals surface area contributed by atoms with E-state index < -0.39 is 0 Å². The lowest BCUT2D eigenvalue weighted by molar-refractivity contribution is 0.935. The number of nitrogens with zero attached hydrogens (tertiary/aromatic N) is 2. The van der Waals surface area contributed by atoms with Crippen molar-refractivity contribution in [3.05, 3.63) is 111 Å². The monoisotopic (exact) mass is 491 g/mol. The molecule has 6 rings (SSSR count). The molecule has 3 aromatic heterocycles. The molecule has 0 saturated carbocycles. The first-order valence-electron chi connectivity index (χ1n) is 11.3. The molecule has 0 saturated heterocycles. The summed E-state index contributed by atoms with van der Waals surface area (Å²) in [7, 11) is 0. The third-order valence-electron chi connectivity index (χ3n) is 6.28. The number of benzene rings is 3. The first kappa shape index (κ1) is 21.6. The van der Waals surface area contributed by atoms with E-state index in [1.165, 1.54) is 16.9 Å². The van der Waals surface area contributed by atoms with Gasteiger partial charge in [-0.25, -0.2) is 4.98 Å². The van der Waals surface area contributed by atoms with Gasteiger partial charge in [-0.15, -0.1) is 11.3 Å². The Morgan fingerprint density at radius 1 is 0.886 bits per heavy atom. The van der Waals surface area contributed by atoms with E-state index in [1.807, 2.05) is 49.4 Å². The largest absolute Gasteiger partial charge is 0.330 e. The molecular weight excluding hydrogens is 470 g/mol. The van der Waals surface area contributed by atoms with Crippen LogP contribution in [0.5, 0.6) is 0 Å². The first-order valence-corrected chi connectivity index (χ1v) is 12.5. The predicted octanol–water partition coefficient (Wildman–Crippen LogP) is 7.61. The molecule has 35 heavy (non-hydrogen) atoms. The molecule has 0 radical (unpaired) electrons. The molecule has 6 aromatic rings. The summed E-state index contributed by atoms with van der Waals surface area (Å²) in [4.78, 5) is 23.0. The van der Waals surface area contributed by atoms with Crippen LogP contribution in [0.1, 0.15) is 11.1 Å². The van der Waals surface area contributed by atoms with Crippen molar-refractivity contribution in [2.75, 3.05) is 0 Å². The zero-order chi connectivity index (χ0) is 24.1. The van der Waals surface area contributed by atoms with Crippen LogP contribution in [0.2, 0.25) is 0 Å². The molecule has 4 nitrogen and oxygen atoms in total. The second kappa shape index (κ2) is 8.41. The smallest absolute Gasteiger partial charge is 0.276 e. The molecule has 1 N–H and O–H groups in total. The Morgan fingerprint density at radius 3 is 2.34 bits per heavy atom. The van der Waals surface area contributed by atoms with E-state index in [2.05, 4.69) is 54.4 Å². The summed E-state index contributed by atoms with van der Waals surface area (Å²) in [5, 5.41) is 0.923. The lowest BCUT2D eigenvalue weighted by Crippen LogP contribution is -2.20. The molecule has 0 fully saturated rings. The molecule has 0 aliphatic carbocycles. The van der Waals surface area contributed by atoms with Crippen LogP contribution in [-0.4, -0.2) is 14.5 Å². The highest BCUT2D eigenvalue weighted by atomic mass is 32.1. The minimum Gasteiger partial charge on any atom is -0.330 e. The van der Waals surface area contributed by atoms with E-state index in [1.54, 1.807) is 4.57 Å². The van der Waals surface area contributed by atoms with Crippen LogP contribution in [0, 0.1) is 18.6 Å². The van der Waals surface area contributed by atoms with Gasteiger partial charge in [-0.05, 0) is 54.9 Å². The number of thiophene rings is 1. The highest BCUT2D eigenvalue weighted by Gasteiger charge is 2.19. The normalized spacial score (nSPS) is 11.4. The standard InChI is InChI=1S/C29H21N3OS2/c1-17-12-14-20(15-13-17)22-16-21(19-9-4-3-5-10-19)24-25-26(35-27(24)30-22)28(33)32(29(34)31-25)23-11-7-6-8-18(23)2/h3-16H,1-2H3,(H,31,34). The Hall–Kier alpha value is -3.87. The van der Waals surface area contributed by atoms with Gasteiger partial charge in [0.2, 0.25) is 0 Å². The molecule has 0 bridgehead atoms. The van der Waals surface area contributed by atoms with Crippen LogP contribution >= 0.6 is 23.6 Å². The highest BCUT2D eigenvalue weighted by Crippen LogP contribution is 2.39. The number of hydrogen-bond donors (Lipinski definition) is 1. The van der Waals surface area contributed by atoms with Crippen molar-refractivity contribution >= 4 is 44.0 Å². The Morgan fingerprint density at radius 2 is 1.60 bits per heavy atom. The second-order valence-electron chi connectivity index (χ2n) is 8.63. The van der Waals surface area contributed by atoms with E-state index in [-0.39, 0.29) is 5.56 Å². The summed E-state index contributed by atoms with van der Waals surface area (Å²) < 4.78 is 2.58. The van der Waals surface area contributed by atoms with E-state index in [0.29, 0.717) is 9.47 Å². The van der Waals surface area contributed by atoms with Gasteiger partial charge in [-0.2, -0.15) is 0 Å². The minimum absolute atomic E-state index is 0.128. The Bertz CT molecular complexity index is 1850. The highest BCUT2D eigenvalue weighted by molar-refractivity contribution is 7.71. The van der Waals surface area contributed by atoms with Gasteiger partial charge in [0.05, 0.1) is 16.9 Å². The number of H-pyrrole nitrogens is 1. The average molecular weight is 492 g/mol. The molecule has 3 aromatic carbocycles. The average Bonchev–Trinajstić information content (AvgIpc) is 3.24. The van der Waals surface area contributed by atoms with Crippen LogP contribution < -0.4 is 5.56 Å². The third kappa shape index (κ3) is 3.62. The lowest BCUT2D eigenvalue weighted by atomic mass is 9.99. The van der Waals surface area contributed by atoms with Gasteiger partial charge in [-0.1, -0.05) is 78.4 Å². The molecule has 0 unspecified atom stereocenters. The van der Waals surface area contributed by atoms with Gasteiger partial charge in [0, 0.05) is 10.9 Å². The number of fused-ring (bicyclic) bond motifs is 3. The van der Waals surface area contributed by atoms with Gasteiger partial charge in [-0.3, -0.25) is 9.36 Å². The summed E-state index contributed by atoms with van der Waals surface area (Å²) in [6.45, 7) is 4.05. The lowest BCUT2D eigenvalue weighted by Gasteiger charge is -2.10. The fraction of sp³-hybridized carbons (Fsp3) is 0.0690. The third-order valence-corrected chi connectivity index (χ3v) is 7.64. The number of hydrogen-bond acceptors (Lipinski definition) is 4. The molecule has 0 amide bonds. The van der Waals surface area contributed by atoms with Crippen LogP contribution in [0.25, 0.3) is 48.5 Å². The van der Waals surface area contributed by atoms with Gasteiger partial charge in [0.1, 0.15) is 9.53 Å². The maximum atomic E-state index is 13.8. The van der Waals surface area contributed by atoms with Crippen LogP contribution in [-0.2, 0) is 0 Å². The fourth-order valence-electron chi connectivity index (χ4n) is 4.48. The first-order chi connectivity index (χ1) is 17.0. The van der Waals surface area contributed by atoms with Crippen molar-refractivity contribution in [2.45, 2.75) is 13.8 Å². The molecule has 0 aliphatic heterocycles. The van der Waals surface area contributed by atoms with Gasteiger partial charge in [0.15, 0.2) is 4.77 Å². The van der Waals surface area contributed by atoms with Crippen molar-refractivity contribution in [1.29, 1.82) is 0 Å². The molecule has 0 atom stereocenters. The quantitative estimate of drug-likeness (QED) is 0.259. The van der Waals surface area contributed by atoms with Crippen molar-refractivity contribution in [1.82, 2.24) is 14.5 Å². The molecule has 3 heterocycles. The minimum atomic E-state index is -0.128. The number of pyridine rings is 1. The predicted molar refractivity (Wildman–Crippen MR) is 148 cm³/mol. The Balaban J connectivity index is 1.72. The SMILES string of the molecule is Cc1ccc(-c2cc(-c3ccccc3)c3c(n2)sc2c(=O)n(-c4ccccc4C)c(=S)[nH]c23)cc1. The van der Waals surface area contributed by atoms with E-state index >= 15 is 0 Å². The zero-order valence-electron chi connectivity index (χ0n) is 19.2. The molecule has 0 aliphatic rings. The second-order valence-corrected chi connectivity index (χ2v) is 10.0. The summed E-state index contributed by atoms with van der Waals surface area (Å²) in [6.07, 6.45) is 0. The summed E-state index contributed by atoms with van der Waals surface area (Å²) >= 11 is 7.11. The van der Waals surface area contributed by atoms with Crippen LogP contribution in [0.15, 0.2) is 89.7 Å². The molecule has 6 heteroatoms. The van der Waals surface area contributed by atoms with Crippen LogP contribution in [0.3, 0.4) is 0 Å². The number of rotatable bonds is 3. The Kier molecular flexibility index (Phi) is 5.20. The van der Waals surface area contributed by atoms with Crippen molar-refractivity contribution in [2.24, 2.45) is 0 Å². The van der Waals surface area contributed by atoms with Gasteiger partial charge >= 0.3 is 0 Å². The summed E-state index contributed by atoms with van der Waals surface area (Å²) in [6, 6.07) is 28.5. The van der Waals surface area contributed by atoms with E-state index in [4.69, 9.17) is 17.2 Å². The van der Waals surface area contributed by atoms with Crippen molar-refractivity contribution in [3.63, 3.8) is 0 Å². The van der Waals surface area contributed by atoms with E-state index in [9.17, 15) is 4.79 Å². The number of nitrogens with one attached hydrogen (secondary N) is 1. The molecule has 0 spiro atoms. The number of aryl methyl sites for hydroxylation is 2. The van der Waals surface area contributed by atoms with Gasteiger partial charge < -0.3 is 4.98 Å². The number of aromatic amines is 1. The van der Waals surface area contributed by atoms with Crippen molar-refractivity contribution < 1.29 is 0 Å². The summed E-state index contributed by atoms with van der Waals surface area (Å²) in [5.74, 6) is 0. The van der Waals surface area contributed by atoms with Gasteiger partial charge in [0.25, 0.3) is 5.56 Å². The molecule has 170 valence electrons. The molecular formula is C29H21N3OS2. The van der Waals surface area contributed by atoms with Crippen molar-refractivity contribution in [3.8, 4) is 28.1 Å². The number of aromatic nitrogens is 3. The maximum absolute atomic E-state index is 13.8. The summed E-state index contributed by atoms with van der Waals surface area (Å²) in [5.41, 5.74) is 7.59.